The zero-order valence-corrected chi connectivity index (χ0v) is 13.6. The van der Waals surface area contributed by atoms with E-state index < -0.39 is 17.7 Å². The predicted molar refractivity (Wildman–Crippen MR) is 91.3 cm³/mol. The minimum Gasteiger partial charge on any atom is -0.325 e. The van der Waals surface area contributed by atoms with Gasteiger partial charge in [-0.25, -0.2) is 0 Å². The maximum atomic E-state index is 12.4. The molecule has 0 radical (unpaired) electrons. The molecule has 0 saturated heterocycles. The fraction of sp³-hybridized carbons (Fsp3) is 0.158. The van der Waals surface area contributed by atoms with Crippen LogP contribution in [-0.2, 0) is 16.0 Å². The van der Waals surface area contributed by atoms with E-state index in [4.69, 9.17) is 0 Å². The van der Waals surface area contributed by atoms with Crippen LogP contribution in [0.4, 0.5) is 5.69 Å². The average molecular weight is 336 g/mol. The Hall–Kier alpha value is -3.28. The molecule has 0 unspecified atom stereocenters. The number of imide groups is 1. The molecule has 0 atom stereocenters. The van der Waals surface area contributed by atoms with E-state index in [0.717, 1.165) is 4.90 Å². The summed E-state index contributed by atoms with van der Waals surface area (Å²) in [5.41, 5.74) is 2.02. The summed E-state index contributed by atoms with van der Waals surface area (Å²) in [6.07, 6.45) is 0.0923. The van der Waals surface area contributed by atoms with Crippen LogP contribution in [0.2, 0.25) is 0 Å². The first-order valence-corrected chi connectivity index (χ1v) is 7.79. The van der Waals surface area contributed by atoms with Crippen LogP contribution in [0, 0.1) is 0 Å². The van der Waals surface area contributed by atoms with E-state index in [2.05, 4.69) is 5.32 Å². The number of hydrogen-bond acceptors (Lipinski definition) is 4. The molecule has 0 aromatic heterocycles. The molecule has 2 aromatic rings. The first-order chi connectivity index (χ1) is 12.0. The van der Waals surface area contributed by atoms with Gasteiger partial charge in [0.05, 0.1) is 6.42 Å². The summed E-state index contributed by atoms with van der Waals surface area (Å²) in [5, 5.41) is 2.61. The normalized spacial score (nSPS) is 13.4. The molecule has 1 aliphatic rings. The molecule has 6 heteroatoms. The van der Waals surface area contributed by atoms with Crippen LogP contribution in [0.3, 0.4) is 0 Å². The molecule has 126 valence electrons. The molecular weight excluding hydrogens is 320 g/mol. The third kappa shape index (κ3) is 3.47. The lowest BCUT2D eigenvalue weighted by atomic mass is 9.98. The highest BCUT2D eigenvalue weighted by molar-refractivity contribution is 6.12. The number of carbonyl (C=O) groups excluding carboxylic acids is 4. The van der Waals surface area contributed by atoms with Crippen LogP contribution < -0.4 is 5.32 Å². The zero-order chi connectivity index (χ0) is 18.0. The highest BCUT2D eigenvalue weighted by atomic mass is 16.2. The van der Waals surface area contributed by atoms with E-state index in [9.17, 15) is 19.2 Å². The SMILES string of the molecule is CC(=O)c1cccc(NC(=O)CN2C(=O)Cc3ccccc3C2=O)c1. The molecule has 1 heterocycles. The van der Waals surface area contributed by atoms with Crippen molar-refractivity contribution in [3.8, 4) is 0 Å². The number of amides is 3. The Bertz CT molecular complexity index is 888. The van der Waals surface area contributed by atoms with E-state index in [-0.39, 0.29) is 18.7 Å². The maximum Gasteiger partial charge on any atom is 0.261 e. The highest BCUT2D eigenvalue weighted by Gasteiger charge is 2.31. The second-order valence-corrected chi connectivity index (χ2v) is 5.80. The van der Waals surface area contributed by atoms with Crippen molar-refractivity contribution in [3.63, 3.8) is 0 Å². The molecule has 3 rings (SSSR count). The van der Waals surface area contributed by atoms with Gasteiger partial charge in [-0.3, -0.25) is 24.1 Å². The van der Waals surface area contributed by atoms with Gasteiger partial charge in [-0.2, -0.15) is 0 Å². The molecule has 0 spiro atoms. The van der Waals surface area contributed by atoms with Gasteiger partial charge in [-0.1, -0.05) is 30.3 Å². The summed E-state index contributed by atoms with van der Waals surface area (Å²) in [6, 6.07) is 13.4. The second-order valence-electron chi connectivity index (χ2n) is 5.80. The number of ketones is 1. The van der Waals surface area contributed by atoms with Gasteiger partial charge in [-0.15, -0.1) is 0 Å². The van der Waals surface area contributed by atoms with Gasteiger partial charge in [0.15, 0.2) is 5.78 Å². The summed E-state index contributed by atoms with van der Waals surface area (Å²) in [5.74, 6) is -1.49. The number of nitrogens with one attached hydrogen (secondary N) is 1. The average Bonchev–Trinajstić information content (AvgIpc) is 2.59. The number of fused-ring (bicyclic) bond motifs is 1. The first kappa shape index (κ1) is 16.6. The summed E-state index contributed by atoms with van der Waals surface area (Å²) >= 11 is 0. The van der Waals surface area contributed by atoms with Crippen molar-refractivity contribution >= 4 is 29.2 Å². The lowest BCUT2D eigenvalue weighted by Gasteiger charge is -2.26. The largest absolute Gasteiger partial charge is 0.325 e. The van der Waals surface area contributed by atoms with Crippen molar-refractivity contribution in [2.45, 2.75) is 13.3 Å². The van der Waals surface area contributed by atoms with Crippen LogP contribution in [0.15, 0.2) is 48.5 Å². The minimum absolute atomic E-state index is 0.0923. The maximum absolute atomic E-state index is 12.4. The quantitative estimate of drug-likeness (QED) is 0.684. The molecule has 6 nitrogen and oxygen atoms in total. The number of rotatable bonds is 4. The zero-order valence-electron chi connectivity index (χ0n) is 13.6. The van der Waals surface area contributed by atoms with Gasteiger partial charge in [0.1, 0.15) is 6.54 Å². The lowest BCUT2D eigenvalue weighted by Crippen LogP contribution is -2.46. The molecule has 1 N–H and O–H groups in total. The predicted octanol–water partition coefficient (Wildman–Crippen LogP) is 2.05. The van der Waals surface area contributed by atoms with Gasteiger partial charge in [-0.05, 0) is 30.7 Å². The van der Waals surface area contributed by atoms with Gasteiger partial charge >= 0.3 is 0 Å². The summed E-state index contributed by atoms with van der Waals surface area (Å²) in [7, 11) is 0. The first-order valence-electron chi connectivity index (χ1n) is 7.79. The van der Waals surface area contributed by atoms with E-state index in [1.54, 1.807) is 48.5 Å². The van der Waals surface area contributed by atoms with Gasteiger partial charge in [0.2, 0.25) is 11.8 Å². The number of benzene rings is 2. The number of anilines is 1. The standard InChI is InChI=1S/C19H16N2O4/c1-12(22)13-6-4-7-15(9-13)20-17(23)11-21-18(24)10-14-5-2-3-8-16(14)19(21)25/h2-9H,10-11H2,1H3,(H,20,23). The minimum atomic E-state index is -0.498. The van der Waals surface area contributed by atoms with Crippen LogP contribution in [0.1, 0.15) is 33.2 Å². The number of Topliss-reactive ketones (excluding diaryl/α,β-unsaturated/α-hetero) is 1. The molecule has 0 saturated carbocycles. The smallest absolute Gasteiger partial charge is 0.261 e. The van der Waals surface area contributed by atoms with Crippen molar-refractivity contribution in [1.29, 1.82) is 0 Å². The Labute approximate surface area is 144 Å². The van der Waals surface area contributed by atoms with Crippen molar-refractivity contribution in [3.05, 3.63) is 65.2 Å². The van der Waals surface area contributed by atoms with Crippen molar-refractivity contribution < 1.29 is 19.2 Å². The summed E-state index contributed by atoms with van der Waals surface area (Å²) in [4.78, 5) is 49.2. The Morgan fingerprint density at radius 2 is 1.84 bits per heavy atom. The molecule has 0 aliphatic carbocycles. The molecule has 3 amide bonds. The van der Waals surface area contributed by atoms with E-state index in [0.29, 0.717) is 22.4 Å². The van der Waals surface area contributed by atoms with Crippen molar-refractivity contribution in [1.82, 2.24) is 4.90 Å². The Morgan fingerprint density at radius 1 is 1.08 bits per heavy atom. The Balaban J connectivity index is 1.73. The fourth-order valence-electron chi connectivity index (χ4n) is 2.72. The molecular formula is C19H16N2O4. The van der Waals surface area contributed by atoms with Gasteiger partial charge in [0.25, 0.3) is 5.91 Å². The van der Waals surface area contributed by atoms with Crippen LogP contribution in [0.5, 0.6) is 0 Å². The van der Waals surface area contributed by atoms with Crippen LogP contribution in [-0.4, -0.2) is 34.9 Å². The third-order valence-electron chi connectivity index (χ3n) is 3.99. The lowest BCUT2D eigenvalue weighted by molar-refractivity contribution is -0.131. The van der Waals surface area contributed by atoms with E-state index in [1.165, 1.54) is 6.92 Å². The third-order valence-corrected chi connectivity index (χ3v) is 3.99. The molecule has 0 fully saturated rings. The Kier molecular flexibility index (Phi) is 4.43. The Morgan fingerprint density at radius 3 is 2.60 bits per heavy atom. The number of carbonyl (C=O) groups is 4. The van der Waals surface area contributed by atoms with Crippen molar-refractivity contribution in [2.24, 2.45) is 0 Å². The monoisotopic (exact) mass is 336 g/mol. The molecule has 0 bridgehead atoms. The number of nitrogens with zero attached hydrogens (tertiary/aromatic N) is 1. The number of hydrogen-bond donors (Lipinski definition) is 1. The molecule has 25 heavy (non-hydrogen) atoms. The molecule has 1 aliphatic heterocycles. The van der Waals surface area contributed by atoms with Gasteiger partial charge < -0.3 is 5.32 Å². The topological polar surface area (TPSA) is 83.6 Å². The van der Waals surface area contributed by atoms with E-state index in [1.807, 2.05) is 0 Å². The van der Waals surface area contributed by atoms with Crippen molar-refractivity contribution in [2.75, 3.05) is 11.9 Å². The molecule has 2 aromatic carbocycles. The second kappa shape index (κ2) is 6.68. The van der Waals surface area contributed by atoms with Gasteiger partial charge in [0, 0.05) is 16.8 Å². The summed E-state index contributed by atoms with van der Waals surface area (Å²) < 4.78 is 0. The van der Waals surface area contributed by atoms with E-state index >= 15 is 0 Å². The summed E-state index contributed by atoms with van der Waals surface area (Å²) in [6.45, 7) is 1.07. The fourth-order valence-corrected chi connectivity index (χ4v) is 2.72. The van der Waals surface area contributed by atoms with Crippen LogP contribution >= 0.6 is 0 Å². The highest BCUT2D eigenvalue weighted by Crippen LogP contribution is 2.19. The van der Waals surface area contributed by atoms with Crippen LogP contribution in [0.25, 0.3) is 0 Å².